The topological polar surface area (TPSA) is 81.8 Å². The lowest BCUT2D eigenvalue weighted by Crippen LogP contribution is -2.13. The number of aryl methyl sites for hydroxylation is 3. The summed E-state index contributed by atoms with van der Waals surface area (Å²) in [4.78, 5) is 4.04. The summed E-state index contributed by atoms with van der Waals surface area (Å²) in [6.07, 6.45) is 4.55. The van der Waals surface area contributed by atoms with Crippen LogP contribution in [0, 0.1) is 6.92 Å². The minimum Gasteiger partial charge on any atom is -0.334 e. The quantitative estimate of drug-likeness (QED) is 0.887. The van der Waals surface area contributed by atoms with Crippen LogP contribution in [0.1, 0.15) is 12.7 Å². The summed E-state index contributed by atoms with van der Waals surface area (Å²) in [6, 6.07) is 0. The number of nitrogens with one attached hydrogen (secondary N) is 1. The molecular formula is C10H15N5O2S. The van der Waals surface area contributed by atoms with Crippen molar-refractivity contribution in [2.24, 2.45) is 7.05 Å². The van der Waals surface area contributed by atoms with Crippen LogP contribution in [-0.2, 0) is 23.6 Å². The highest BCUT2D eigenvalue weighted by atomic mass is 32.2. The number of sulfonamides is 1. The molecule has 0 aromatic carbocycles. The standard InChI is InChI=1S/C10H15N5O2S/c1-4-15-7-10(12-8(15)2)18(16,17)13-9-5-11-14(3)6-9/h5-7,13H,4H2,1-3H3. The van der Waals surface area contributed by atoms with E-state index in [1.807, 2.05) is 6.92 Å². The van der Waals surface area contributed by atoms with Crippen molar-refractivity contribution in [3.63, 3.8) is 0 Å². The van der Waals surface area contributed by atoms with Gasteiger partial charge in [0.1, 0.15) is 5.82 Å². The van der Waals surface area contributed by atoms with Crippen LogP contribution in [0.4, 0.5) is 5.69 Å². The van der Waals surface area contributed by atoms with Gasteiger partial charge < -0.3 is 4.57 Å². The molecule has 0 unspecified atom stereocenters. The van der Waals surface area contributed by atoms with E-state index in [1.54, 1.807) is 24.7 Å². The zero-order valence-corrected chi connectivity index (χ0v) is 11.3. The molecule has 0 aliphatic heterocycles. The van der Waals surface area contributed by atoms with Gasteiger partial charge >= 0.3 is 0 Å². The highest BCUT2D eigenvalue weighted by molar-refractivity contribution is 7.92. The molecule has 1 N–H and O–H groups in total. The van der Waals surface area contributed by atoms with Gasteiger partial charge in [-0.15, -0.1) is 0 Å². The maximum atomic E-state index is 12.1. The van der Waals surface area contributed by atoms with Crippen molar-refractivity contribution in [3.8, 4) is 0 Å². The van der Waals surface area contributed by atoms with Gasteiger partial charge in [-0.1, -0.05) is 0 Å². The molecule has 0 atom stereocenters. The van der Waals surface area contributed by atoms with E-state index in [0.29, 0.717) is 18.1 Å². The molecule has 7 nitrogen and oxygen atoms in total. The Kier molecular flexibility index (Phi) is 3.12. The molecule has 0 radical (unpaired) electrons. The van der Waals surface area contributed by atoms with Crippen LogP contribution >= 0.6 is 0 Å². The van der Waals surface area contributed by atoms with Crippen LogP contribution in [0.3, 0.4) is 0 Å². The summed E-state index contributed by atoms with van der Waals surface area (Å²) >= 11 is 0. The van der Waals surface area contributed by atoms with Crippen molar-refractivity contribution in [2.45, 2.75) is 25.4 Å². The van der Waals surface area contributed by atoms with Gasteiger partial charge in [0.05, 0.1) is 11.9 Å². The second kappa shape index (κ2) is 4.45. The average Bonchev–Trinajstić information content (AvgIpc) is 2.84. The van der Waals surface area contributed by atoms with Gasteiger partial charge in [0.2, 0.25) is 0 Å². The average molecular weight is 269 g/mol. The van der Waals surface area contributed by atoms with Gasteiger partial charge in [-0.25, -0.2) is 4.98 Å². The van der Waals surface area contributed by atoms with Gasteiger partial charge in [-0.2, -0.15) is 13.5 Å². The van der Waals surface area contributed by atoms with Gasteiger partial charge in [-0.05, 0) is 13.8 Å². The zero-order valence-electron chi connectivity index (χ0n) is 10.5. The Hall–Kier alpha value is -1.83. The third-order valence-corrected chi connectivity index (χ3v) is 3.78. The van der Waals surface area contributed by atoms with Gasteiger partial charge in [-0.3, -0.25) is 9.40 Å². The first-order chi connectivity index (χ1) is 8.42. The van der Waals surface area contributed by atoms with Gasteiger partial charge in [0.15, 0.2) is 5.03 Å². The molecule has 2 aromatic rings. The molecule has 0 aliphatic carbocycles. The Morgan fingerprint density at radius 2 is 2.11 bits per heavy atom. The van der Waals surface area contributed by atoms with E-state index in [-0.39, 0.29) is 5.03 Å². The van der Waals surface area contributed by atoms with E-state index in [1.165, 1.54) is 17.1 Å². The van der Waals surface area contributed by atoms with Crippen LogP contribution in [0.25, 0.3) is 0 Å². The van der Waals surface area contributed by atoms with Crippen molar-refractivity contribution in [3.05, 3.63) is 24.4 Å². The molecule has 2 rings (SSSR count). The summed E-state index contributed by atoms with van der Waals surface area (Å²) in [5.74, 6) is 0.670. The maximum absolute atomic E-state index is 12.1. The van der Waals surface area contributed by atoms with Crippen LogP contribution in [0.15, 0.2) is 23.6 Å². The molecule has 0 fully saturated rings. The molecule has 0 amide bonds. The largest absolute Gasteiger partial charge is 0.334 e. The van der Waals surface area contributed by atoms with Crippen molar-refractivity contribution < 1.29 is 8.42 Å². The normalized spacial score (nSPS) is 11.7. The van der Waals surface area contributed by atoms with E-state index in [4.69, 9.17) is 0 Å². The Morgan fingerprint density at radius 1 is 1.39 bits per heavy atom. The highest BCUT2D eigenvalue weighted by Crippen LogP contribution is 2.14. The Labute approximate surface area is 106 Å². The number of imidazole rings is 1. The number of nitrogens with zero attached hydrogens (tertiary/aromatic N) is 4. The molecule has 0 aliphatic rings. The first kappa shape index (κ1) is 12.6. The summed E-state index contributed by atoms with van der Waals surface area (Å²) in [6.45, 7) is 4.38. The SMILES string of the molecule is CCn1cc(S(=O)(=O)Nc2cnn(C)c2)nc1C. The van der Waals surface area contributed by atoms with E-state index >= 15 is 0 Å². The predicted molar refractivity (Wildman–Crippen MR) is 66.7 cm³/mol. The molecule has 98 valence electrons. The minimum absolute atomic E-state index is 0.0192. The monoisotopic (exact) mass is 269 g/mol. The maximum Gasteiger partial charge on any atom is 0.281 e. The minimum atomic E-state index is -3.65. The van der Waals surface area contributed by atoms with Crippen LogP contribution in [-0.4, -0.2) is 27.7 Å². The molecule has 0 saturated heterocycles. The first-order valence-electron chi connectivity index (χ1n) is 5.47. The molecule has 0 bridgehead atoms. The fourth-order valence-electron chi connectivity index (χ4n) is 1.61. The number of hydrogen-bond acceptors (Lipinski definition) is 4. The van der Waals surface area contributed by atoms with E-state index < -0.39 is 10.0 Å². The van der Waals surface area contributed by atoms with Crippen LogP contribution < -0.4 is 4.72 Å². The zero-order chi connectivity index (χ0) is 13.3. The second-order valence-corrected chi connectivity index (χ2v) is 5.55. The lowest BCUT2D eigenvalue weighted by molar-refractivity contribution is 0.598. The van der Waals surface area contributed by atoms with Crippen molar-refractivity contribution in [1.82, 2.24) is 19.3 Å². The summed E-state index contributed by atoms with van der Waals surface area (Å²) in [5.41, 5.74) is 0.418. The van der Waals surface area contributed by atoms with Crippen molar-refractivity contribution in [2.75, 3.05) is 4.72 Å². The Balaban J connectivity index is 2.30. The number of rotatable bonds is 4. The Bertz CT molecular complexity index is 656. The third kappa shape index (κ3) is 2.37. The molecule has 18 heavy (non-hydrogen) atoms. The van der Waals surface area contributed by atoms with Crippen molar-refractivity contribution >= 4 is 15.7 Å². The molecule has 2 aromatic heterocycles. The number of aromatic nitrogens is 4. The molecule has 0 saturated carbocycles. The van der Waals surface area contributed by atoms with Gasteiger partial charge in [0.25, 0.3) is 10.0 Å². The molecule has 8 heteroatoms. The second-order valence-electron chi connectivity index (χ2n) is 3.92. The lowest BCUT2D eigenvalue weighted by Gasteiger charge is -2.01. The summed E-state index contributed by atoms with van der Waals surface area (Å²) in [5, 5.41) is 3.92. The molecule has 0 spiro atoms. The fourth-order valence-corrected chi connectivity index (χ4v) is 2.65. The Morgan fingerprint density at radius 3 is 2.61 bits per heavy atom. The van der Waals surface area contributed by atoms with Gasteiger partial charge in [0, 0.05) is 26.0 Å². The predicted octanol–water partition coefficient (Wildman–Crippen LogP) is 0.746. The fraction of sp³-hybridized carbons (Fsp3) is 0.400. The summed E-state index contributed by atoms with van der Waals surface area (Å²) in [7, 11) is -1.93. The lowest BCUT2D eigenvalue weighted by atomic mass is 10.6. The van der Waals surface area contributed by atoms with E-state index in [9.17, 15) is 8.42 Å². The highest BCUT2D eigenvalue weighted by Gasteiger charge is 2.19. The van der Waals surface area contributed by atoms with Crippen molar-refractivity contribution in [1.29, 1.82) is 0 Å². The van der Waals surface area contributed by atoms with E-state index in [0.717, 1.165) is 0 Å². The smallest absolute Gasteiger partial charge is 0.281 e. The first-order valence-corrected chi connectivity index (χ1v) is 6.96. The van der Waals surface area contributed by atoms with Crippen LogP contribution in [0.5, 0.6) is 0 Å². The third-order valence-electron chi connectivity index (χ3n) is 2.53. The molecular weight excluding hydrogens is 254 g/mol. The number of anilines is 1. The van der Waals surface area contributed by atoms with Crippen LogP contribution in [0.2, 0.25) is 0 Å². The summed E-state index contributed by atoms with van der Waals surface area (Å²) < 4.78 is 29.9. The van der Waals surface area contributed by atoms with E-state index in [2.05, 4.69) is 14.8 Å². The number of hydrogen-bond donors (Lipinski definition) is 1. The molecule has 2 heterocycles.